The molecule has 37 heavy (non-hydrogen) atoms. The molecule has 2 aromatic rings. The van der Waals surface area contributed by atoms with Crippen LogP contribution in [0.2, 0.25) is 0 Å². The van der Waals surface area contributed by atoms with Gasteiger partial charge in [0.1, 0.15) is 17.3 Å². The van der Waals surface area contributed by atoms with Crippen molar-refractivity contribution in [2.24, 2.45) is 5.73 Å². The Bertz CT molecular complexity index is 1320. The van der Waals surface area contributed by atoms with Crippen molar-refractivity contribution in [3.05, 3.63) is 82.6 Å². The second-order valence-corrected chi connectivity index (χ2v) is 9.01. The van der Waals surface area contributed by atoms with Gasteiger partial charge in [-0.25, -0.2) is 14.0 Å². The first kappa shape index (κ1) is 25.8. The number of esters is 2. The average Bonchev–Trinajstić information content (AvgIpc) is 2.92. The van der Waals surface area contributed by atoms with Crippen molar-refractivity contribution in [3.63, 3.8) is 0 Å². The molecule has 0 saturated carbocycles. The van der Waals surface area contributed by atoms with Gasteiger partial charge in [-0.2, -0.15) is 5.26 Å². The summed E-state index contributed by atoms with van der Waals surface area (Å²) < 4.78 is 25.6. The predicted octanol–water partition coefficient (Wildman–Crippen LogP) is 4.10. The lowest BCUT2D eigenvalue weighted by atomic mass is 9.81. The van der Waals surface area contributed by atoms with E-state index >= 15 is 4.39 Å². The van der Waals surface area contributed by atoms with Crippen molar-refractivity contribution in [2.75, 3.05) is 30.6 Å². The number of piperidine rings is 1. The molecule has 8 nitrogen and oxygen atoms in total. The van der Waals surface area contributed by atoms with E-state index in [1.807, 2.05) is 4.90 Å². The molecule has 2 aliphatic rings. The molecule has 2 atom stereocenters. The molecule has 2 aromatic carbocycles. The zero-order valence-electron chi connectivity index (χ0n) is 21.0. The van der Waals surface area contributed by atoms with Crippen LogP contribution in [-0.2, 0) is 19.1 Å². The second kappa shape index (κ2) is 10.7. The summed E-state index contributed by atoms with van der Waals surface area (Å²) in [6.45, 7) is 2.79. The number of nitriles is 1. The Morgan fingerprint density at radius 3 is 2.38 bits per heavy atom. The van der Waals surface area contributed by atoms with Crippen molar-refractivity contribution in [1.29, 1.82) is 5.26 Å². The van der Waals surface area contributed by atoms with Gasteiger partial charge < -0.3 is 20.1 Å². The minimum Gasteiger partial charge on any atom is -0.466 e. The fraction of sp³-hybridized carbons (Fsp3) is 0.321. The van der Waals surface area contributed by atoms with E-state index in [9.17, 15) is 14.9 Å². The van der Waals surface area contributed by atoms with Crippen LogP contribution in [0.1, 0.15) is 37.7 Å². The van der Waals surface area contributed by atoms with E-state index in [2.05, 4.69) is 13.0 Å². The summed E-state index contributed by atoms with van der Waals surface area (Å²) in [6.07, 6.45) is 3.03. The highest BCUT2D eigenvalue weighted by atomic mass is 19.1. The molecule has 0 bridgehead atoms. The predicted molar refractivity (Wildman–Crippen MR) is 137 cm³/mol. The first-order valence-electron chi connectivity index (χ1n) is 12.1. The van der Waals surface area contributed by atoms with E-state index in [4.69, 9.17) is 15.2 Å². The summed E-state index contributed by atoms with van der Waals surface area (Å²) in [4.78, 5) is 29.5. The number of hydrogen-bond acceptors (Lipinski definition) is 8. The van der Waals surface area contributed by atoms with E-state index in [1.54, 1.807) is 42.5 Å². The molecule has 2 aliphatic heterocycles. The van der Waals surface area contributed by atoms with E-state index in [0.717, 1.165) is 25.8 Å². The van der Waals surface area contributed by atoms with E-state index in [1.165, 1.54) is 25.2 Å². The van der Waals surface area contributed by atoms with Gasteiger partial charge in [-0.3, -0.25) is 4.90 Å². The molecule has 0 spiro atoms. The summed E-state index contributed by atoms with van der Waals surface area (Å²) in [6, 6.07) is 15.5. The van der Waals surface area contributed by atoms with Crippen LogP contribution in [0.3, 0.4) is 0 Å². The molecule has 4 rings (SSSR count). The third-order valence-electron chi connectivity index (χ3n) is 6.91. The maximum absolute atomic E-state index is 15.5. The monoisotopic (exact) mass is 504 g/mol. The Balaban J connectivity index is 1.94. The number of carbonyl (C=O) groups is 2. The largest absolute Gasteiger partial charge is 0.466 e. The van der Waals surface area contributed by atoms with Gasteiger partial charge in [0, 0.05) is 18.7 Å². The molecule has 2 heterocycles. The number of benzene rings is 2. The minimum atomic E-state index is -0.984. The fourth-order valence-corrected chi connectivity index (χ4v) is 5.11. The van der Waals surface area contributed by atoms with Crippen LogP contribution in [0, 0.1) is 17.1 Å². The van der Waals surface area contributed by atoms with Crippen LogP contribution in [0.5, 0.6) is 0 Å². The van der Waals surface area contributed by atoms with Gasteiger partial charge in [0.25, 0.3) is 0 Å². The Labute approximate surface area is 215 Å². The zero-order valence-corrected chi connectivity index (χ0v) is 21.0. The molecule has 9 heteroatoms. The van der Waals surface area contributed by atoms with Crippen molar-refractivity contribution < 1.29 is 23.5 Å². The number of nitrogens with zero attached hydrogens (tertiary/aromatic N) is 3. The van der Waals surface area contributed by atoms with E-state index in [-0.39, 0.29) is 34.4 Å². The SMILES string of the molecule is COC(=O)C1=C(C(=O)OC)N(c2ccc(N3CCCCC3C)c(F)c2)C(N)=C(C#N)C1c1ccccc1. The number of rotatable bonds is 5. The summed E-state index contributed by atoms with van der Waals surface area (Å²) in [7, 11) is 2.35. The third-order valence-corrected chi connectivity index (χ3v) is 6.91. The maximum Gasteiger partial charge on any atom is 0.355 e. The molecule has 192 valence electrons. The zero-order chi connectivity index (χ0) is 26.7. The molecule has 0 aliphatic carbocycles. The normalized spacial score (nSPS) is 20.0. The minimum absolute atomic E-state index is 0.0217. The quantitative estimate of drug-likeness (QED) is 0.606. The van der Waals surface area contributed by atoms with E-state index in [0.29, 0.717) is 11.3 Å². The molecular formula is C28H29FN4O4. The highest BCUT2D eigenvalue weighted by Gasteiger charge is 2.43. The summed E-state index contributed by atoms with van der Waals surface area (Å²) >= 11 is 0. The molecule has 0 amide bonds. The van der Waals surface area contributed by atoms with Gasteiger partial charge >= 0.3 is 11.9 Å². The number of anilines is 2. The molecule has 0 radical (unpaired) electrons. The van der Waals surface area contributed by atoms with Gasteiger partial charge in [-0.05, 0) is 43.9 Å². The van der Waals surface area contributed by atoms with Crippen LogP contribution in [0.25, 0.3) is 0 Å². The highest BCUT2D eigenvalue weighted by Crippen LogP contribution is 2.43. The number of methoxy groups -OCH3 is 2. The molecule has 2 N–H and O–H groups in total. The first-order chi connectivity index (χ1) is 17.8. The molecular weight excluding hydrogens is 475 g/mol. The van der Waals surface area contributed by atoms with Crippen LogP contribution in [0.4, 0.5) is 15.8 Å². The number of carbonyl (C=O) groups excluding carboxylic acids is 2. The van der Waals surface area contributed by atoms with Gasteiger partial charge in [-0.1, -0.05) is 30.3 Å². The second-order valence-electron chi connectivity index (χ2n) is 9.01. The lowest BCUT2D eigenvalue weighted by Gasteiger charge is -2.37. The third kappa shape index (κ3) is 4.62. The average molecular weight is 505 g/mol. The van der Waals surface area contributed by atoms with Crippen LogP contribution < -0.4 is 15.5 Å². The van der Waals surface area contributed by atoms with Crippen LogP contribution in [0.15, 0.2) is 71.2 Å². The van der Waals surface area contributed by atoms with Crippen molar-refractivity contribution in [2.45, 2.75) is 38.1 Å². The topological polar surface area (TPSA) is 109 Å². The molecule has 1 fully saturated rings. The number of hydrogen-bond donors (Lipinski definition) is 1. The van der Waals surface area contributed by atoms with Crippen molar-refractivity contribution >= 4 is 23.3 Å². The Morgan fingerprint density at radius 2 is 1.78 bits per heavy atom. The smallest absolute Gasteiger partial charge is 0.355 e. The lowest BCUT2D eigenvalue weighted by molar-refractivity contribution is -0.139. The number of nitrogens with two attached hydrogens (primary N) is 1. The Morgan fingerprint density at radius 1 is 1.08 bits per heavy atom. The molecule has 0 aromatic heterocycles. The molecule has 1 saturated heterocycles. The van der Waals surface area contributed by atoms with Crippen LogP contribution in [-0.4, -0.2) is 38.7 Å². The highest BCUT2D eigenvalue weighted by molar-refractivity contribution is 6.06. The summed E-state index contributed by atoms with van der Waals surface area (Å²) in [5.41, 5.74) is 7.32. The standard InChI is InChI=1S/C28H29FN4O4/c1-17-9-7-8-14-32(17)22-13-12-19(15-21(22)29)33-25(28(35)37-3)24(27(34)36-2)23(20(16-30)26(33)31)18-10-5-4-6-11-18/h4-6,10-13,15,17,23H,7-9,14,31H2,1-3H3. The van der Waals surface area contributed by atoms with Crippen molar-refractivity contribution in [3.8, 4) is 6.07 Å². The van der Waals surface area contributed by atoms with Gasteiger partial charge in [0.05, 0.1) is 48.7 Å². The van der Waals surface area contributed by atoms with E-state index < -0.39 is 23.7 Å². The summed E-state index contributed by atoms with van der Waals surface area (Å²) in [5.74, 6) is -3.31. The maximum atomic E-state index is 15.5. The van der Waals surface area contributed by atoms with Gasteiger partial charge in [0.15, 0.2) is 0 Å². The van der Waals surface area contributed by atoms with Gasteiger partial charge in [0.2, 0.25) is 0 Å². The van der Waals surface area contributed by atoms with Gasteiger partial charge in [-0.15, -0.1) is 0 Å². The lowest BCUT2D eigenvalue weighted by Crippen LogP contribution is -2.41. The number of allylic oxidation sites excluding steroid dienone is 1. The Hall–Kier alpha value is -4.32. The first-order valence-corrected chi connectivity index (χ1v) is 12.1. The number of halogens is 1. The number of ether oxygens (including phenoxy) is 2. The Kier molecular flexibility index (Phi) is 7.48. The molecule has 2 unspecified atom stereocenters. The van der Waals surface area contributed by atoms with Crippen molar-refractivity contribution in [1.82, 2.24) is 0 Å². The van der Waals surface area contributed by atoms with Crippen LogP contribution >= 0.6 is 0 Å². The fourth-order valence-electron chi connectivity index (χ4n) is 5.11. The summed E-state index contributed by atoms with van der Waals surface area (Å²) in [5, 5.41) is 10.1.